The molecule has 1 aromatic heterocycles. The van der Waals surface area contributed by atoms with Crippen molar-refractivity contribution in [1.82, 2.24) is 4.90 Å². The van der Waals surface area contributed by atoms with Gasteiger partial charge in [-0.2, -0.15) is 0 Å². The Bertz CT molecular complexity index is 819. The van der Waals surface area contributed by atoms with Crippen LogP contribution in [-0.2, 0) is 19.0 Å². The van der Waals surface area contributed by atoms with E-state index in [1.54, 1.807) is 25.7 Å². The number of amides is 1. The van der Waals surface area contributed by atoms with E-state index in [0.29, 0.717) is 53.0 Å². The van der Waals surface area contributed by atoms with Crippen LogP contribution >= 0.6 is 22.9 Å². The van der Waals surface area contributed by atoms with E-state index in [-0.39, 0.29) is 12.5 Å². The molecule has 9 heteroatoms. The predicted molar refractivity (Wildman–Crippen MR) is 115 cm³/mol. The summed E-state index contributed by atoms with van der Waals surface area (Å²) < 4.78 is 15.1. The van der Waals surface area contributed by atoms with E-state index in [9.17, 15) is 9.59 Å². The first-order chi connectivity index (χ1) is 14.0. The van der Waals surface area contributed by atoms with Gasteiger partial charge in [0, 0.05) is 48.8 Å². The molecule has 0 aliphatic heterocycles. The highest BCUT2D eigenvalue weighted by Gasteiger charge is 2.24. The Morgan fingerprint density at radius 1 is 1.07 bits per heavy atom. The van der Waals surface area contributed by atoms with Crippen molar-refractivity contribution in [3.05, 3.63) is 40.2 Å². The average molecular weight is 441 g/mol. The van der Waals surface area contributed by atoms with Gasteiger partial charge in [0.25, 0.3) is 0 Å². The van der Waals surface area contributed by atoms with Crippen molar-refractivity contribution in [2.75, 3.05) is 59.5 Å². The first kappa shape index (κ1) is 23.3. The summed E-state index contributed by atoms with van der Waals surface area (Å²) in [4.78, 5) is 27.0. The van der Waals surface area contributed by atoms with Gasteiger partial charge in [-0.1, -0.05) is 29.8 Å². The van der Waals surface area contributed by atoms with E-state index >= 15 is 0 Å². The zero-order valence-corrected chi connectivity index (χ0v) is 18.3. The summed E-state index contributed by atoms with van der Waals surface area (Å²) in [5, 5.41) is 5.56. The Balaban J connectivity index is 2.22. The molecule has 158 valence electrons. The lowest BCUT2D eigenvalue weighted by Gasteiger charge is -2.20. The maximum atomic E-state index is 12.6. The summed E-state index contributed by atoms with van der Waals surface area (Å²) in [5.74, 6) is -0.776. The number of nitrogens with one attached hydrogen (secondary N) is 1. The zero-order chi connectivity index (χ0) is 21.2. The van der Waals surface area contributed by atoms with E-state index in [2.05, 4.69) is 5.32 Å². The summed E-state index contributed by atoms with van der Waals surface area (Å²) in [6.45, 7) is 2.33. The Hall–Kier alpha value is -1.97. The number of ether oxygens (including phenoxy) is 3. The lowest BCUT2D eigenvalue weighted by Crippen LogP contribution is -2.37. The van der Waals surface area contributed by atoms with Crippen molar-refractivity contribution in [2.45, 2.75) is 0 Å². The van der Waals surface area contributed by atoms with Crippen LogP contribution in [0.1, 0.15) is 10.4 Å². The molecule has 29 heavy (non-hydrogen) atoms. The lowest BCUT2D eigenvalue weighted by molar-refractivity contribution is -0.117. The zero-order valence-electron chi connectivity index (χ0n) is 16.7. The molecule has 0 saturated carbocycles. The second-order valence-corrected chi connectivity index (χ2v) is 7.42. The molecule has 1 N–H and O–H groups in total. The molecule has 1 heterocycles. The summed E-state index contributed by atoms with van der Waals surface area (Å²) >= 11 is 7.55. The summed E-state index contributed by atoms with van der Waals surface area (Å²) in [6.07, 6.45) is 0. The molecular weight excluding hydrogens is 416 g/mol. The number of anilines is 1. The van der Waals surface area contributed by atoms with Crippen molar-refractivity contribution in [3.63, 3.8) is 0 Å². The third kappa shape index (κ3) is 6.52. The van der Waals surface area contributed by atoms with Gasteiger partial charge < -0.3 is 19.5 Å². The standard InChI is InChI=1S/C20H25ClN2O5S/c1-26-10-8-23(9-11-27-2)12-17(24)22-19-18(20(25)28-3)15(13-29-19)14-6-4-5-7-16(14)21/h4-7,13H,8-12H2,1-3H3,(H,22,24). The van der Waals surface area contributed by atoms with Crippen LogP contribution in [0.5, 0.6) is 0 Å². The van der Waals surface area contributed by atoms with E-state index < -0.39 is 5.97 Å². The maximum absolute atomic E-state index is 12.6. The van der Waals surface area contributed by atoms with Gasteiger partial charge in [0.05, 0.1) is 26.9 Å². The molecule has 0 aliphatic carbocycles. The van der Waals surface area contributed by atoms with Crippen LogP contribution in [0.15, 0.2) is 29.6 Å². The van der Waals surface area contributed by atoms with Crippen LogP contribution in [0.3, 0.4) is 0 Å². The van der Waals surface area contributed by atoms with Crippen LogP contribution in [0.4, 0.5) is 5.00 Å². The number of nitrogens with zero attached hydrogens (tertiary/aromatic N) is 1. The summed E-state index contributed by atoms with van der Waals surface area (Å²) in [7, 11) is 4.53. The molecule has 0 unspecified atom stereocenters. The van der Waals surface area contributed by atoms with Crippen molar-refractivity contribution in [2.24, 2.45) is 0 Å². The molecule has 0 aliphatic rings. The Labute approximate surface area is 179 Å². The molecule has 7 nitrogen and oxygen atoms in total. The van der Waals surface area contributed by atoms with Crippen LogP contribution in [0, 0.1) is 0 Å². The minimum absolute atomic E-state index is 0.145. The SMILES string of the molecule is COCCN(CCOC)CC(=O)Nc1scc(-c2ccccc2Cl)c1C(=O)OC. The van der Waals surface area contributed by atoms with Crippen LogP contribution < -0.4 is 5.32 Å². The predicted octanol–water partition coefficient (Wildman–Crippen LogP) is 3.39. The van der Waals surface area contributed by atoms with Gasteiger partial charge in [0.2, 0.25) is 5.91 Å². The quantitative estimate of drug-likeness (QED) is 0.540. The Morgan fingerprint density at radius 3 is 2.31 bits per heavy atom. The van der Waals surface area contributed by atoms with E-state index in [0.717, 1.165) is 0 Å². The molecular formula is C20H25ClN2O5S. The minimum Gasteiger partial charge on any atom is -0.465 e. The molecule has 0 fully saturated rings. The monoisotopic (exact) mass is 440 g/mol. The minimum atomic E-state index is -0.535. The Kier molecular flexibility index (Phi) is 9.56. The number of thiophene rings is 1. The largest absolute Gasteiger partial charge is 0.465 e. The number of hydrogen-bond donors (Lipinski definition) is 1. The maximum Gasteiger partial charge on any atom is 0.341 e. The number of halogens is 1. The molecule has 0 radical (unpaired) electrons. The van der Waals surface area contributed by atoms with Crippen LogP contribution in [0.2, 0.25) is 5.02 Å². The highest BCUT2D eigenvalue weighted by molar-refractivity contribution is 7.15. The molecule has 0 spiro atoms. The van der Waals surface area contributed by atoms with Gasteiger partial charge in [0.1, 0.15) is 10.6 Å². The first-order valence-corrected chi connectivity index (χ1v) is 10.2. The Morgan fingerprint density at radius 2 is 1.72 bits per heavy atom. The van der Waals surface area contributed by atoms with Crippen LogP contribution in [0.25, 0.3) is 11.1 Å². The van der Waals surface area contributed by atoms with Gasteiger partial charge in [-0.3, -0.25) is 9.69 Å². The second kappa shape index (κ2) is 11.9. The topological polar surface area (TPSA) is 77.1 Å². The number of carbonyl (C=O) groups excluding carboxylic acids is 2. The lowest BCUT2D eigenvalue weighted by atomic mass is 10.0. The molecule has 2 rings (SSSR count). The van der Waals surface area contributed by atoms with Crippen molar-refractivity contribution in [1.29, 1.82) is 0 Å². The fraction of sp³-hybridized carbons (Fsp3) is 0.400. The number of benzene rings is 1. The smallest absolute Gasteiger partial charge is 0.341 e. The summed E-state index contributed by atoms with van der Waals surface area (Å²) in [5.41, 5.74) is 1.62. The highest BCUT2D eigenvalue weighted by Crippen LogP contribution is 2.39. The van der Waals surface area contributed by atoms with Gasteiger partial charge in [0.15, 0.2) is 0 Å². The highest BCUT2D eigenvalue weighted by atomic mass is 35.5. The van der Waals surface area contributed by atoms with E-state index in [4.69, 9.17) is 25.8 Å². The summed E-state index contributed by atoms with van der Waals surface area (Å²) in [6, 6.07) is 7.21. The number of rotatable bonds is 11. The fourth-order valence-electron chi connectivity index (χ4n) is 2.71. The normalized spacial score (nSPS) is 10.9. The third-order valence-electron chi connectivity index (χ3n) is 4.19. The van der Waals surface area contributed by atoms with Gasteiger partial charge >= 0.3 is 5.97 Å². The molecule has 1 aromatic carbocycles. The van der Waals surface area contributed by atoms with E-state index in [1.807, 2.05) is 23.1 Å². The molecule has 0 saturated heterocycles. The average Bonchev–Trinajstić information content (AvgIpc) is 3.12. The van der Waals surface area contributed by atoms with Crippen LogP contribution in [-0.4, -0.2) is 71.0 Å². The first-order valence-electron chi connectivity index (χ1n) is 8.96. The van der Waals surface area contributed by atoms with Gasteiger partial charge in [-0.25, -0.2) is 4.79 Å². The molecule has 0 atom stereocenters. The number of esters is 1. The van der Waals surface area contributed by atoms with Crippen molar-refractivity contribution >= 4 is 39.8 Å². The van der Waals surface area contributed by atoms with Gasteiger partial charge in [-0.15, -0.1) is 11.3 Å². The molecule has 2 aromatic rings. The molecule has 0 bridgehead atoms. The fourth-order valence-corrected chi connectivity index (χ4v) is 3.91. The van der Waals surface area contributed by atoms with Crippen molar-refractivity contribution in [3.8, 4) is 11.1 Å². The van der Waals surface area contributed by atoms with Gasteiger partial charge in [-0.05, 0) is 6.07 Å². The van der Waals surface area contributed by atoms with Crippen molar-refractivity contribution < 1.29 is 23.8 Å². The number of methoxy groups -OCH3 is 3. The second-order valence-electron chi connectivity index (χ2n) is 6.13. The number of carbonyl (C=O) groups is 2. The third-order valence-corrected chi connectivity index (χ3v) is 5.41. The number of hydrogen-bond acceptors (Lipinski definition) is 7. The van der Waals surface area contributed by atoms with E-state index in [1.165, 1.54) is 18.4 Å². The molecule has 1 amide bonds.